The maximum absolute atomic E-state index is 13.8. The third-order valence-corrected chi connectivity index (χ3v) is 3.70. The average molecular weight is 339 g/mol. The van der Waals surface area contributed by atoms with Gasteiger partial charge >= 0.3 is 0 Å². The number of halogens is 1. The van der Waals surface area contributed by atoms with Gasteiger partial charge in [-0.15, -0.1) is 0 Å². The highest BCUT2D eigenvalue weighted by atomic mass is 19.1. The molecule has 0 aliphatic carbocycles. The van der Waals surface area contributed by atoms with Crippen LogP contribution in [0.3, 0.4) is 0 Å². The Hall–Kier alpha value is -3.22. The van der Waals surface area contributed by atoms with Crippen LogP contribution in [0.4, 0.5) is 16.0 Å². The van der Waals surface area contributed by atoms with Crippen molar-refractivity contribution >= 4 is 17.5 Å². The smallest absolute Gasteiger partial charge is 0.258 e. The third kappa shape index (κ3) is 3.82. The lowest BCUT2D eigenvalue weighted by atomic mass is 10.2. The zero-order valence-electron chi connectivity index (χ0n) is 14.0. The predicted octanol–water partition coefficient (Wildman–Crippen LogP) is 2.78. The van der Waals surface area contributed by atoms with Crippen molar-refractivity contribution < 1.29 is 9.18 Å². The van der Waals surface area contributed by atoms with Crippen molar-refractivity contribution in [3.8, 4) is 0 Å². The molecule has 3 aromatic rings. The molecule has 2 heterocycles. The van der Waals surface area contributed by atoms with E-state index in [9.17, 15) is 9.18 Å². The molecule has 0 atom stereocenters. The molecule has 0 aliphatic rings. The Balaban J connectivity index is 1.74. The standard InChI is InChI=1S/C18H18FN5O/c1-23(2)16-8-7-13(11-20-16)18(25)22-17-9-10-21-24(17)12-14-5-3-4-6-15(14)19/h3-11H,12H2,1-2H3,(H,22,25). The van der Waals surface area contributed by atoms with E-state index in [0.29, 0.717) is 16.9 Å². The molecule has 128 valence electrons. The topological polar surface area (TPSA) is 63.1 Å². The normalized spacial score (nSPS) is 10.5. The van der Waals surface area contributed by atoms with Crippen LogP contribution in [0.25, 0.3) is 0 Å². The number of anilines is 2. The molecule has 0 saturated heterocycles. The van der Waals surface area contributed by atoms with Crippen molar-refractivity contribution in [1.29, 1.82) is 0 Å². The van der Waals surface area contributed by atoms with Gasteiger partial charge in [0.1, 0.15) is 17.5 Å². The second-order valence-electron chi connectivity index (χ2n) is 5.72. The predicted molar refractivity (Wildman–Crippen MR) is 94.2 cm³/mol. The largest absolute Gasteiger partial charge is 0.363 e. The van der Waals surface area contributed by atoms with Crippen LogP contribution in [0.2, 0.25) is 0 Å². The minimum atomic E-state index is -0.307. The Bertz CT molecular complexity index is 873. The number of benzene rings is 1. The van der Waals surface area contributed by atoms with Gasteiger partial charge < -0.3 is 10.2 Å². The van der Waals surface area contributed by atoms with Gasteiger partial charge in [0.15, 0.2) is 0 Å². The molecule has 0 spiro atoms. The first kappa shape index (κ1) is 16.6. The van der Waals surface area contributed by atoms with Gasteiger partial charge in [0.2, 0.25) is 0 Å². The second kappa shape index (κ2) is 7.12. The Labute approximate surface area is 144 Å². The van der Waals surface area contributed by atoms with Crippen LogP contribution in [0.5, 0.6) is 0 Å². The van der Waals surface area contributed by atoms with E-state index in [2.05, 4.69) is 15.4 Å². The fourth-order valence-electron chi connectivity index (χ4n) is 2.33. The van der Waals surface area contributed by atoms with E-state index in [4.69, 9.17) is 0 Å². The van der Waals surface area contributed by atoms with E-state index in [1.54, 1.807) is 42.6 Å². The first-order valence-corrected chi connectivity index (χ1v) is 7.74. The number of rotatable bonds is 5. The molecule has 25 heavy (non-hydrogen) atoms. The highest BCUT2D eigenvalue weighted by molar-refractivity contribution is 6.03. The summed E-state index contributed by atoms with van der Waals surface area (Å²) >= 11 is 0. The summed E-state index contributed by atoms with van der Waals surface area (Å²) in [7, 11) is 3.76. The summed E-state index contributed by atoms with van der Waals surface area (Å²) in [6.07, 6.45) is 3.08. The monoisotopic (exact) mass is 339 g/mol. The number of hydrogen-bond acceptors (Lipinski definition) is 4. The highest BCUT2D eigenvalue weighted by Crippen LogP contribution is 2.15. The van der Waals surface area contributed by atoms with E-state index in [-0.39, 0.29) is 18.3 Å². The lowest BCUT2D eigenvalue weighted by Gasteiger charge is -2.12. The van der Waals surface area contributed by atoms with Crippen LogP contribution in [-0.4, -0.2) is 34.8 Å². The summed E-state index contributed by atoms with van der Waals surface area (Å²) in [5, 5.41) is 6.93. The van der Waals surface area contributed by atoms with Crippen LogP contribution in [-0.2, 0) is 6.54 Å². The molecule has 7 heteroatoms. The molecule has 1 amide bonds. The first-order valence-electron chi connectivity index (χ1n) is 7.74. The van der Waals surface area contributed by atoms with Crippen molar-refractivity contribution in [2.45, 2.75) is 6.54 Å². The number of nitrogens with zero attached hydrogens (tertiary/aromatic N) is 4. The van der Waals surface area contributed by atoms with Gasteiger partial charge in [-0.05, 0) is 18.2 Å². The van der Waals surface area contributed by atoms with Crippen LogP contribution < -0.4 is 10.2 Å². The van der Waals surface area contributed by atoms with E-state index in [0.717, 1.165) is 5.82 Å². The average Bonchev–Trinajstić information content (AvgIpc) is 3.04. The molecule has 0 fully saturated rings. The third-order valence-electron chi connectivity index (χ3n) is 3.70. The van der Waals surface area contributed by atoms with Gasteiger partial charge in [0.05, 0.1) is 18.3 Å². The van der Waals surface area contributed by atoms with E-state index in [1.807, 2.05) is 19.0 Å². The van der Waals surface area contributed by atoms with Crippen molar-refractivity contribution in [1.82, 2.24) is 14.8 Å². The Kier molecular flexibility index (Phi) is 4.74. The molecule has 2 aromatic heterocycles. The molecule has 6 nitrogen and oxygen atoms in total. The van der Waals surface area contributed by atoms with Crippen molar-refractivity contribution in [2.75, 3.05) is 24.3 Å². The number of amides is 1. The van der Waals surface area contributed by atoms with Gasteiger partial charge in [-0.25, -0.2) is 14.1 Å². The fourth-order valence-corrected chi connectivity index (χ4v) is 2.33. The molecule has 1 aromatic carbocycles. The van der Waals surface area contributed by atoms with Gasteiger partial charge in [0, 0.05) is 31.9 Å². The van der Waals surface area contributed by atoms with Crippen LogP contribution in [0, 0.1) is 5.82 Å². The number of hydrogen-bond donors (Lipinski definition) is 1. The molecular weight excluding hydrogens is 321 g/mol. The number of aromatic nitrogens is 3. The highest BCUT2D eigenvalue weighted by Gasteiger charge is 2.12. The summed E-state index contributed by atoms with van der Waals surface area (Å²) in [6.45, 7) is 0.229. The quantitative estimate of drug-likeness (QED) is 0.776. The number of carbonyl (C=O) groups excluding carboxylic acids is 1. The van der Waals surface area contributed by atoms with Gasteiger partial charge in [-0.2, -0.15) is 5.10 Å². The fraction of sp³-hybridized carbons (Fsp3) is 0.167. The SMILES string of the molecule is CN(C)c1ccc(C(=O)Nc2ccnn2Cc2ccccc2F)cn1. The van der Waals surface area contributed by atoms with Crippen molar-refractivity contribution in [3.63, 3.8) is 0 Å². The Morgan fingerprint density at radius 1 is 1.20 bits per heavy atom. The van der Waals surface area contributed by atoms with Crippen LogP contribution in [0.1, 0.15) is 15.9 Å². The van der Waals surface area contributed by atoms with Crippen molar-refractivity contribution in [2.24, 2.45) is 0 Å². The van der Waals surface area contributed by atoms with Gasteiger partial charge in [0.25, 0.3) is 5.91 Å². The molecule has 0 aliphatic heterocycles. The van der Waals surface area contributed by atoms with Crippen LogP contribution >= 0.6 is 0 Å². The maximum atomic E-state index is 13.8. The molecule has 0 saturated carbocycles. The minimum absolute atomic E-state index is 0.229. The summed E-state index contributed by atoms with van der Waals surface area (Å²) in [5.41, 5.74) is 0.933. The van der Waals surface area contributed by atoms with E-state index in [1.165, 1.54) is 16.9 Å². The molecule has 0 radical (unpaired) electrons. The maximum Gasteiger partial charge on any atom is 0.258 e. The van der Waals surface area contributed by atoms with Gasteiger partial charge in [-0.1, -0.05) is 18.2 Å². The molecule has 3 rings (SSSR count). The number of pyridine rings is 1. The zero-order valence-corrected chi connectivity index (χ0v) is 14.0. The van der Waals surface area contributed by atoms with E-state index < -0.39 is 0 Å². The molecule has 0 bridgehead atoms. The number of carbonyl (C=O) groups is 1. The number of nitrogens with one attached hydrogen (secondary N) is 1. The zero-order chi connectivity index (χ0) is 17.8. The van der Waals surface area contributed by atoms with E-state index >= 15 is 0 Å². The molecular formula is C18H18FN5O. The molecule has 1 N–H and O–H groups in total. The second-order valence-corrected chi connectivity index (χ2v) is 5.72. The summed E-state index contributed by atoms with van der Waals surface area (Å²) in [6, 6.07) is 11.6. The minimum Gasteiger partial charge on any atom is -0.363 e. The first-order chi connectivity index (χ1) is 12.0. The van der Waals surface area contributed by atoms with Crippen molar-refractivity contribution in [3.05, 3.63) is 71.8 Å². The Morgan fingerprint density at radius 3 is 2.68 bits per heavy atom. The molecule has 0 unspecified atom stereocenters. The summed E-state index contributed by atoms with van der Waals surface area (Å²) in [4.78, 5) is 18.5. The summed E-state index contributed by atoms with van der Waals surface area (Å²) in [5.74, 6) is 0.651. The van der Waals surface area contributed by atoms with Crippen LogP contribution in [0.15, 0.2) is 54.9 Å². The summed E-state index contributed by atoms with van der Waals surface area (Å²) < 4.78 is 15.3. The Morgan fingerprint density at radius 2 is 2.00 bits per heavy atom. The lowest BCUT2D eigenvalue weighted by molar-refractivity contribution is 0.102. The van der Waals surface area contributed by atoms with Gasteiger partial charge in [-0.3, -0.25) is 4.79 Å². The lowest BCUT2D eigenvalue weighted by Crippen LogP contribution is -2.17.